The maximum atomic E-state index is 14.0. The molecule has 0 radical (unpaired) electrons. The molecule has 1 aliphatic rings. The van der Waals surface area contributed by atoms with Gasteiger partial charge in [0, 0.05) is 17.1 Å². The first-order valence-electron chi connectivity index (χ1n) is 13.2. The molecule has 0 aliphatic heterocycles. The summed E-state index contributed by atoms with van der Waals surface area (Å²) in [6, 6.07) is 21.2. The molecule has 1 saturated carbocycles. The Bertz CT molecular complexity index is 1390. The molecular weight excluding hydrogens is 594 g/mol. The van der Waals surface area contributed by atoms with Crippen molar-refractivity contribution in [2.24, 2.45) is 0 Å². The topological polar surface area (TPSA) is 96.0 Å². The van der Waals surface area contributed by atoms with Crippen molar-refractivity contribution in [3.63, 3.8) is 0 Å². The van der Waals surface area contributed by atoms with Crippen molar-refractivity contribution >= 4 is 43.5 Å². The van der Waals surface area contributed by atoms with Crippen molar-refractivity contribution in [1.82, 2.24) is 10.2 Å². The maximum Gasteiger partial charge on any atom is 0.264 e. The number of hydrogen-bond donors (Lipinski definition) is 1. The normalized spacial score (nSPS) is 14.4. The van der Waals surface area contributed by atoms with Crippen LogP contribution >= 0.6 is 15.9 Å². The van der Waals surface area contributed by atoms with Crippen LogP contribution in [-0.2, 0) is 26.2 Å². The zero-order valence-corrected chi connectivity index (χ0v) is 25.0. The van der Waals surface area contributed by atoms with E-state index in [2.05, 4.69) is 21.2 Å². The van der Waals surface area contributed by atoms with E-state index >= 15 is 0 Å². The molecule has 1 fully saturated rings. The lowest BCUT2D eigenvalue weighted by atomic mass is 10.1. The predicted molar refractivity (Wildman–Crippen MR) is 159 cm³/mol. The van der Waals surface area contributed by atoms with Gasteiger partial charge in [0.25, 0.3) is 10.0 Å². The first-order valence-corrected chi connectivity index (χ1v) is 15.5. The number of carbonyl (C=O) groups is 2. The highest BCUT2D eigenvalue weighted by atomic mass is 79.9. The molecule has 1 atom stereocenters. The van der Waals surface area contributed by atoms with E-state index in [1.807, 2.05) is 24.3 Å². The smallest absolute Gasteiger partial charge is 0.264 e. The summed E-state index contributed by atoms with van der Waals surface area (Å²) in [7, 11) is -2.58. The van der Waals surface area contributed by atoms with E-state index in [-0.39, 0.29) is 23.4 Å². The second-order valence-corrected chi connectivity index (χ2v) is 12.6. The number of ether oxygens (including phenoxy) is 1. The van der Waals surface area contributed by atoms with Crippen LogP contribution in [0.4, 0.5) is 5.69 Å². The van der Waals surface area contributed by atoms with Crippen LogP contribution in [0, 0.1) is 0 Å². The van der Waals surface area contributed by atoms with Gasteiger partial charge in [-0.3, -0.25) is 13.9 Å². The van der Waals surface area contributed by atoms with Gasteiger partial charge >= 0.3 is 0 Å². The van der Waals surface area contributed by atoms with E-state index in [0.717, 1.165) is 40.0 Å². The molecule has 3 aromatic rings. The molecule has 3 aromatic carbocycles. The SMILES string of the molecule is COc1ccc(N(CC(=O)N(Cc2ccc(Br)cc2)C(C)C(=O)NC2CCCC2)S(=O)(=O)c2ccccc2)cc1. The van der Waals surface area contributed by atoms with Gasteiger partial charge in [0.15, 0.2) is 0 Å². The summed E-state index contributed by atoms with van der Waals surface area (Å²) >= 11 is 3.43. The average molecular weight is 629 g/mol. The molecule has 8 nitrogen and oxygen atoms in total. The Balaban J connectivity index is 1.67. The highest BCUT2D eigenvalue weighted by Crippen LogP contribution is 2.27. The number of halogens is 1. The molecule has 0 bridgehead atoms. The molecule has 0 aromatic heterocycles. The Morgan fingerprint density at radius 3 is 2.20 bits per heavy atom. The summed E-state index contributed by atoms with van der Waals surface area (Å²) in [5.74, 6) is -0.187. The van der Waals surface area contributed by atoms with Gasteiger partial charge < -0.3 is 15.0 Å². The minimum atomic E-state index is -4.11. The van der Waals surface area contributed by atoms with Crippen molar-refractivity contribution < 1.29 is 22.7 Å². The number of sulfonamides is 1. The largest absolute Gasteiger partial charge is 0.497 e. The zero-order valence-electron chi connectivity index (χ0n) is 22.6. The van der Waals surface area contributed by atoms with Crippen LogP contribution in [0.1, 0.15) is 38.2 Å². The average Bonchev–Trinajstić information content (AvgIpc) is 3.48. The number of carbonyl (C=O) groups excluding carboxylic acids is 2. The van der Waals surface area contributed by atoms with Crippen molar-refractivity contribution in [3.05, 3.63) is 88.9 Å². The Morgan fingerprint density at radius 2 is 1.60 bits per heavy atom. The molecule has 40 heavy (non-hydrogen) atoms. The standard InChI is InChI=1S/C30H34BrN3O5S/c1-22(30(36)32-25-8-6-7-9-25)33(20-23-12-14-24(31)15-13-23)29(35)21-34(26-16-18-27(39-2)19-17-26)40(37,38)28-10-4-3-5-11-28/h3-5,10-19,22,25H,6-9,20-21H2,1-2H3,(H,32,36). The molecule has 0 heterocycles. The van der Waals surface area contributed by atoms with Crippen LogP contribution < -0.4 is 14.4 Å². The second-order valence-electron chi connectivity index (χ2n) is 9.84. The van der Waals surface area contributed by atoms with Crippen LogP contribution in [0.25, 0.3) is 0 Å². The quantitative estimate of drug-likeness (QED) is 0.318. The minimum Gasteiger partial charge on any atom is -0.497 e. The summed E-state index contributed by atoms with van der Waals surface area (Å²) in [6.45, 7) is 1.35. The van der Waals surface area contributed by atoms with Crippen LogP contribution in [0.5, 0.6) is 5.75 Å². The van der Waals surface area contributed by atoms with Crippen molar-refractivity contribution in [3.8, 4) is 5.75 Å². The van der Waals surface area contributed by atoms with E-state index in [4.69, 9.17) is 4.74 Å². The lowest BCUT2D eigenvalue weighted by molar-refractivity contribution is -0.139. The minimum absolute atomic E-state index is 0.0603. The van der Waals surface area contributed by atoms with Crippen LogP contribution in [-0.4, -0.2) is 50.9 Å². The summed E-state index contributed by atoms with van der Waals surface area (Å²) in [6.07, 6.45) is 3.96. The van der Waals surface area contributed by atoms with Gasteiger partial charge in [-0.05, 0) is 73.9 Å². The van der Waals surface area contributed by atoms with E-state index in [1.165, 1.54) is 24.1 Å². The second kappa shape index (κ2) is 13.3. The molecule has 0 spiro atoms. The molecule has 2 amide bonds. The third-order valence-corrected chi connectivity index (χ3v) is 9.42. The van der Waals surface area contributed by atoms with Gasteiger partial charge in [-0.2, -0.15) is 0 Å². The highest BCUT2D eigenvalue weighted by molar-refractivity contribution is 9.10. The molecule has 1 unspecified atom stereocenters. The van der Waals surface area contributed by atoms with Crippen LogP contribution in [0.3, 0.4) is 0 Å². The molecular formula is C30H34BrN3O5S. The lowest BCUT2D eigenvalue weighted by Gasteiger charge is -2.32. The van der Waals surface area contributed by atoms with Crippen molar-refractivity contribution in [2.45, 2.75) is 56.1 Å². The highest BCUT2D eigenvalue weighted by Gasteiger charge is 2.33. The lowest BCUT2D eigenvalue weighted by Crippen LogP contribution is -2.52. The van der Waals surface area contributed by atoms with E-state index in [9.17, 15) is 18.0 Å². The van der Waals surface area contributed by atoms with E-state index in [0.29, 0.717) is 11.4 Å². The zero-order chi connectivity index (χ0) is 28.7. The number of nitrogens with zero attached hydrogens (tertiary/aromatic N) is 2. The van der Waals surface area contributed by atoms with E-state index in [1.54, 1.807) is 49.4 Å². The number of benzene rings is 3. The number of methoxy groups -OCH3 is 1. The van der Waals surface area contributed by atoms with Crippen molar-refractivity contribution in [1.29, 1.82) is 0 Å². The maximum absolute atomic E-state index is 14.0. The summed E-state index contributed by atoms with van der Waals surface area (Å²) in [5, 5.41) is 3.08. The van der Waals surface area contributed by atoms with Gasteiger partial charge in [-0.25, -0.2) is 8.42 Å². The summed E-state index contributed by atoms with van der Waals surface area (Å²) in [5.41, 5.74) is 1.13. The first kappa shape index (κ1) is 29.6. The molecule has 1 aliphatic carbocycles. The van der Waals surface area contributed by atoms with Gasteiger partial charge in [-0.15, -0.1) is 0 Å². The van der Waals surface area contributed by atoms with Gasteiger partial charge in [0.1, 0.15) is 18.3 Å². The fourth-order valence-corrected chi connectivity index (χ4v) is 6.46. The number of nitrogens with one attached hydrogen (secondary N) is 1. The van der Waals surface area contributed by atoms with Gasteiger partial charge in [-0.1, -0.05) is 59.1 Å². The molecule has 10 heteroatoms. The Hall–Kier alpha value is -3.37. The Labute approximate surface area is 244 Å². The summed E-state index contributed by atoms with van der Waals surface area (Å²) in [4.78, 5) is 28.8. The molecule has 212 valence electrons. The number of hydrogen-bond acceptors (Lipinski definition) is 5. The first-order chi connectivity index (χ1) is 19.2. The van der Waals surface area contributed by atoms with Crippen LogP contribution in [0.2, 0.25) is 0 Å². The molecule has 4 rings (SSSR count). The van der Waals surface area contributed by atoms with Gasteiger partial charge in [0.05, 0.1) is 17.7 Å². The third kappa shape index (κ3) is 7.22. The predicted octanol–water partition coefficient (Wildman–Crippen LogP) is 5.13. The Morgan fingerprint density at radius 1 is 0.975 bits per heavy atom. The molecule has 0 saturated heterocycles. The number of anilines is 1. The van der Waals surface area contributed by atoms with Crippen LogP contribution in [0.15, 0.2) is 88.2 Å². The Kier molecular flexibility index (Phi) is 9.86. The fraction of sp³-hybridized carbons (Fsp3) is 0.333. The van der Waals surface area contributed by atoms with Crippen molar-refractivity contribution in [2.75, 3.05) is 18.0 Å². The number of rotatable bonds is 11. The third-order valence-electron chi connectivity index (χ3n) is 7.11. The van der Waals surface area contributed by atoms with E-state index < -0.39 is 28.5 Å². The molecule has 1 N–H and O–H groups in total. The monoisotopic (exact) mass is 627 g/mol. The van der Waals surface area contributed by atoms with Gasteiger partial charge in [0.2, 0.25) is 11.8 Å². The number of amides is 2. The summed E-state index contributed by atoms with van der Waals surface area (Å²) < 4.78 is 34.8. The fourth-order valence-electron chi connectivity index (χ4n) is 4.76.